The number of nitrogens with one attached hydrogen (secondary N) is 1. The van der Waals surface area contributed by atoms with Gasteiger partial charge in [-0.25, -0.2) is 9.18 Å². The number of amides is 2. The van der Waals surface area contributed by atoms with Crippen molar-refractivity contribution in [1.29, 1.82) is 0 Å². The maximum atomic E-state index is 13.8. The second-order valence-electron chi connectivity index (χ2n) is 7.53. The van der Waals surface area contributed by atoms with Gasteiger partial charge in [0, 0.05) is 13.6 Å². The summed E-state index contributed by atoms with van der Waals surface area (Å²) >= 11 is 0. The molecule has 7 heteroatoms. The van der Waals surface area contributed by atoms with Crippen LogP contribution in [0, 0.1) is 11.7 Å². The Balaban J connectivity index is 2.81. The number of carbonyl (C=O) groups excluding carboxylic acids is 2. The number of hydrogen-bond acceptors (Lipinski definition) is 4. The molecule has 0 aliphatic carbocycles. The summed E-state index contributed by atoms with van der Waals surface area (Å²) in [6.45, 7) is 9.13. The number of halogens is 1. The van der Waals surface area contributed by atoms with E-state index in [0.29, 0.717) is 5.56 Å². The number of nitrogens with zero attached hydrogens (tertiary/aromatic N) is 1. The highest BCUT2D eigenvalue weighted by Crippen LogP contribution is 2.19. The molecule has 1 aromatic carbocycles. The Morgan fingerprint density at radius 1 is 1.27 bits per heavy atom. The number of ether oxygens (including phenoxy) is 2. The van der Waals surface area contributed by atoms with E-state index in [-0.39, 0.29) is 24.1 Å². The lowest BCUT2D eigenvalue weighted by molar-refractivity contribution is -0.133. The lowest BCUT2D eigenvalue weighted by Crippen LogP contribution is -2.51. The van der Waals surface area contributed by atoms with E-state index in [0.717, 1.165) is 0 Å². The van der Waals surface area contributed by atoms with Crippen molar-refractivity contribution in [2.45, 2.75) is 52.8 Å². The van der Waals surface area contributed by atoms with Crippen molar-refractivity contribution < 1.29 is 23.5 Å². The average Bonchev–Trinajstić information content (AvgIpc) is 2.50. The van der Waals surface area contributed by atoms with Gasteiger partial charge in [0.2, 0.25) is 5.91 Å². The van der Waals surface area contributed by atoms with Crippen LogP contribution in [0.1, 0.15) is 40.2 Å². The molecular formula is C19H29FN2O4. The van der Waals surface area contributed by atoms with E-state index in [1.54, 1.807) is 33.9 Å². The van der Waals surface area contributed by atoms with Gasteiger partial charge in [-0.05, 0) is 44.4 Å². The number of rotatable bonds is 6. The number of hydrogen-bond donors (Lipinski definition) is 1. The van der Waals surface area contributed by atoms with Gasteiger partial charge < -0.3 is 19.7 Å². The molecule has 0 spiro atoms. The maximum absolute atomic E-state index is 13.8. The first kappa shape index (κ1) is 21.7. The van der Waals surface area contributed by atoms with Crippen molar-refractivity contribution in [3.05, 3.63) is 29.6 Å². The molecule has 0 saturated carbocycles. The van der Waals surface area contributed by atoms with Gasteiger partial charge in [0.05, 0.1) is 7.11 Å². The summed E-state index contributed by atoms with van der Waals surface area (Å²) < 4.78 is 23.9. The highest BCUT2D eigenvalue weighted by atomic mass is 19.1. The fourth-order valence-electron chi connectivity index (χ4n) is 2.35. The van der Waals surface area contributed by atoms with Crippen molar-refractivity contribution in [2.24, 2.45) is 5.92 Å². The van der Waals surface area contributed by atoms with E-state index in [1.165, 1.54) is 24.1 Å². The number of benzene rings is 1. The van der Waals surface area contributed by atoms with E-state index >= 15 is 0 Å². The molecule has 1 atom stereocenters. The molecular weight excluding hydrogens is 339 g/mol. The number of carbonyl (C=O) groups is 2. The molecule has 1 unspecified atom stereocenters. The van der Waals surface area contributed by atoms with Gasteiger partial charge >= 0.3 is 6.09 Å². The van der Waals surface area contributed by atoms with Crippen LogP contribution in [0.2, 0.25) is 0 Å². The lowest BCUT2D eigenvalue weighted by Gasteiger charge is -2.28. The van der Waals surface area contributed by atoms with Crippen LogP contribution in [-0.4, -0.2) is 42.7 Å². The van der Waals surface area contributed by atoms with E-state index < -0.39 is 23.6 Å². The molecule has 2 amide bonds. The number of alkyl carbamates (subject to hydrolysis) is 1. The Morgan fingerprint density at radius 2 is 1.88 bits per heavy atom. The van der Waals surface area contributed by atoms with Gasteiger partial charge in [-0.3, -0.25) is 4.79 Å². The largest absolute Gasteiger partial charge is 0.494 e. The minimum atomic E-state index is -0.738. The SMILES string of the molecule is COc1ccc(CN(C)C(=O)C(NC(=O)OC(C)(C)C)C(C)C)cc1F. The maximum Gasteiger partial charge on any atom is 0.408 e. The summed E-state index contributed by atoms with van der Waals surface area (Å²) in [6, 6.07) is 3.80. The molecule has 0 radical (unpaired) electrons. The van der Waals surface area contributed by atoms with E-state index in [4.69, 9.17) is 9.47 Å². The van der Waals surface area contributed by atoms with E-state index in [1.807, 2.05) is 13.8 Å². The van der Waals surface area contributed by atoms with Crippen molar-refractivity contribution >= 4 is 12.0 Å². The second kappa shape index (κ2) is 8.87. The van der Waals surface area contributed by atoms with Gasteiger partial charge in [0.25, 0.3) is 0 Å². The zero-order valence-electron chi connectivity index (χ0n) is 16.6. The van der Waals surface area contributed by atoms with Crippen molar-refractivity contribution in [2.75, 3.05) is 14.2 Å². The van der Waals surface area contributed by atoms with Crippen molar-refractivity contribution in [3.8, 4) is 5.75 Å². The Bertz CT molecular complexity index is 641. The molecule has 146 valence electrons. The van der Waals surface area contributed by atoms with Gasteiger partial charge in [0.15, 0.2) is 11.6 Å². The van der Waals surface area contributed by atoms with Crippen LogP contribution in [0.25, 0.3) is 0 Å². The summed E-state index contributed by atoms with van der Waals surface area (Å²) in [4.78, 5) is 26.2. The Labute approximate surface area is 154 Å². The average molecular weight is 368 g/mol. The van der Waals surface area contributed by atoms with Gasteiger partial charge in [-0.15, -0.1) is 0 Å². The molecule has 0 aromatic heterocycles. The predicted molar refractivity (Wildman–Crippen MR) is 97.4 cm³/mol. The van der Waals surface area contributed by atoms with Gasteiger partial charge in [-0.1, -0.05) is 19.9 Å². The molecule has 0 bridgehead atoms. The van der Waals surface area contributed by atoms with Crippen LogP contribution in [0.15, 0.2) is 18.2 Å². The molecule has 1 rings (SSSR count). The third kappa shape index (κ3) is 6.54. The quantitative estimate of drug-likeness (QED) is 0.836. The minimum absolute atomic E-state index is 0.134. The highest BCUT2D eigenvalue weighted by molar-refractivity contribution is 5.85. The Morgan fingerprint density at radius 3 is 2.35 bits per heavy atom. The topological polar surface area (TPSA) is 67.9 Å². The molecule has 0 fully saturated rings. The molecule has 6 nitrogen and oxygen atoms in total. The first-order chi connectivity index (χ1) is 11.9. The first-order valence-electron chi connectivity index (χ1n) is 8.51. The van der Waals surface area contributed by atoms with Crippen LogP contribution in [-0.2, 0) is 16.1 Å². The van der Waals surface area contributed by atoms with Crippen molar-refractivity contribution in [1.82, 2.24) is 10.2 Å². The molecule has 1 aromatic rings. The summed E-state index contributed by atoms with van der Waals surface area (Å²) in [7, 11) is 3.00. The number of methoxy groups -OCH3 is 1. The predicted octanol–water partition coefficient (Wildman–Crippen LogP) is 3.34. The number of likely N-dealkylation sites (N-methyl/N-ethyl adjacent to an activating group) is 1. The van der Waals surface area contributed by atoms with E-state index in [9.17, 15) is 14.0 Å². The zero-order valence-corrected chi connectivity index (χ0v) is 16.6. The lowest BCUT2D eigenvalue weighted by atomic mass is 10.0. The van der Waals surface area contributed by atoms with Crippen molar-refractivity contribution in [3.63, 3.8) is 0 Å². The minimum Gasteiger partial charge on any atom is -0.494 e. The van der Waals surface area contributed by atoms with Crippen LogP contribution < -0.4 is 10.1 Å². The van der Waals surface area contributed by atoms with Crippen LogP contribution in [0.3, 0.4) is 0 Å². The van der Waals surface area contributed by atoms with Gasteiger partial charge in [0.1, 0.15) is 11.6 Å². The molecule has 1 N–H and O–H groups in total. The fourth-order valence-corrected chi connectivity index (χ4v) is 2.35. The monoisotopic (exact) mass is 368 g/mol. The van der Waals surface area contributed by atoms with Gasteiger partial charge in [-0.2, -0.15) is 0 Å². The van der Waals surface area contributed by atoms with E-state index in [2.05, 4.69) is 5.32 Å². The summed E-state index contributed by atoms with van der Waals surface area (Å²) in [5, 5.41) is 2.62. The fraction of sp³-hybridized carbons (Fsp3) is 0.579. The molecule has 0 saturated heterocycles. The molecule has 0 heterocycles. The summed E-state index contributed by atoms with van der Waals surface area (Å²) in [6.07, 6.45) is -0.645. The zero-order chi connectivity index (χ0) is 20.1. The third-order valence-electron chi connectivity index (χ3n) is 3.62. The summed E-state index contributed by atoms with van der Waals surface area (Å²) in [5.41, 5.74) is -0.0276. The highest BCUT2D eigenvalue weighted by Gasteiger charge is 2.29. The Kier molecular flexibility index (Phi) is 7.41. The summed E-state index contributed by atoms with van der Waals surface area (Å²) in [5.74, 6) is -0.750. The van der Waals surface area contributed by atoms with Crippen LogP contribution >= 0.6 is 0 Å². The first-order valence-corrected chi connectivity index (χ1v) is 8.51. The normalized spacial score (nSPS) is 12.5. The second-order valence-corrected chi connectivity index (χ2v) is 7.53. The molecule has 26 heavy (non-hydrogen) atoms. The van der Waals surface area contributed by atoms with Crippen LogP contribution in [0.4, 0.5) is 9.18 Å². The molecule has 0 aliphatic rings. The molecule has 0 aliphatic heterocycles. The Hall–Kier alpha value is -2.31. The standard InChI is InChI=1S/C19H29FN2O4/c1-12(2)16(21-18(24)26-19(3,4)5)17(23)22(6)11-13-8-9-15(25-7)14(20)10-13/h8-10,12,16H,11H2,1-7H3,(H,21,24). The third-order valence-corrected chi connectivity index (χ3v) is 3.62. The van der Waals surface area contributed by atoms with Crippen LogP contribution in [0.5, 0.6) is 5.75 Å². The smallest absolute Gasteiger partial charge is 0.408 e.